The van der Waals surface area contributed by atoms with Crippen LogP contribution in [0.2, 0.25) is 0 Å². The summed E-state index contributed by atoms with van der Waals surface area (Å²) < 4.78 is 0. The van der Waals surface area contributed by atoms with Gasteiger partial charge in [0.2, 0.25) is 0 Å². The standard InChI is InChI=1S/Ag.La.Mn.4O.Sr/q+1;+3;+2;4*-2;+2. The molecule has 8 heteroatoms. The van der Waals surface area contributed by atoms with Gasteiger partial charge in [0.15, 0.2) is 0 Å². The first-order valence-electron chi connectivity index (χ1n) is 0. The number of hydrogen-bond donors (Lipinski definition) is 0. The third-order valence-corrected chi connectivity index (χ3v) is 0. The van der Waals surface area contributed by atoms with Gasteiger partial charge in [0.1, 0.15) is 0 Å². The quantitative estimate of drug-likeness (QED) is 0.425. The van der Waals surface area contributed by atoms with E-state index in [1.54, 1.807) is 0 Å². The zero-order valence-electron chi connectivity index (χ0n) is 3.60. The summed E-state index contributed by atoms with van der Waals surface area (Å²) in [6, 6.07) is 0. The summed E-state index contributed by atoms with van der Waals surface area (Å²) in [6.07, 6.45) is 0. The van der Waals surface area contributed by atoms with Crippen molar-refractivity contribution in [2.75, 3.05) is 0 Å². The van der Waals surface area contributed by atoms with Crippen molar-refractivity contribution < 1.29 is 97.0 Å². The topological polar surface area (TPSA) is 114 Å². The summed E-state index contributed by atoms with van der Waals surface area (Å²) in [4.78, 5) is 0. The molecule has 0 amide bonds. The minimum atomic E-state index is 0. The molecule has 8 heavy (non-hydrogen) atoms. The molecule has 0 N–H and O–H groups in total. The maximum absolute atomic E-state index is 0. The summed E-state index contributed by atoms with van der Waals surface area (Å²) >= 11 is 0. The molecule has 0 fully saturated rings. The molecule has 0 aromatic heterocycles. The van der Waals surface area contributed by atoms with Gasteiger partial charge < -0.3 is 21.9 Å². The molecule has 0 bridgehead atoms. The predicted molar refractivity (Wildman–Crippen MR) is 8.50 cm³/mol. The van der Waals surface area contributed by atoms with Gasteiger partial charge in [-0.3, -0.25) is 0 Å². The molecule has 0 aromatic carbocycles. The maximum Gasteiger partial charge on any atom is 3.00 e. The van der Waals surface area contributed by atoms with Crippen LogP contribution < -0.4 is 0 Å². The summed E-state index contributed by atoms with van der Waals surface area (Å²) in [5.41, 5.74) is 0. The van der Waals surface area contributed by atoms with E-state index in [1.165, 1.54) is 0 Å². The van der Waals surface area contributed by atoms with Crippen LogP contribution in [0.3, 0.4) is 0 Å². The Labute approximate surface area is 139 Å². The van der Waals surface area contributed by atoms with E-state index in [1.807, 2.05) is 0 Å². The van der Waals surface area contributed by atoms with Gasteiger partial charge in [-0.15, -0.1) is 0 Å². The zero-order valence-corrected chi connectivity index (χ0v) is 13.4. The average Bonchev–Trinajstić information content (AvgIpc) is 0. The van der Waals surface area contributed by atoms with Crippen LogP contribution in [0.25, 0.3) is 0 Å². The van der Waals surface area contributed by atoms with Gasteiger partial charge in [0.05, 0.1) is 0 Å². The normalized spacial score (nSPS) is 0. The summed E-state index contributed by atoms with van der Waals surface area (Å²) in [6.45, 7) is 0. The first-order chi connectivity index (χ1) is 0. The van der Waals surface area contributed by atoms with Crippen molar-refractivity contribution in [2.24, 2.45) is 0 Å². The molecule has 0 unspecified atom stereocenters. The van der Waals surface area contributed by atoms with Crippen LogP contribution in [0.4, 0.5) is 0 Å². The summed E-state index contributed by atoms with van der Waals surface area (Å²) in [7, 11) is 0. The maximum atomic E-state index is 0. The van der Waals surface area contributed by atoms with E-state index in [4.69, 9.17) is 0 Å². The van der Waals surface area contributed by atoms with E-state index in [-0.39, 0.29) is 142 Å². The van der Waals surface area contributed by atoms with Gasteiger partial charge in [0, 0.05) is 0 Å². The van der Waals surface area contributed by atoms with Gasteiger partial charge >= 0.3 is 121 Å². The summed E-state index contributed by atoms with van der Waals surface area (Å²) in [5.74, 6) is 0. The molecule has 0 spiro atoms. The fourth-order valence-electron chi connectivity index (χ4n) is 0. The van der Waals surface area contributed by atoms with E-state index < -0.39 is 0 Å². The molecule has 0 rings (SSSR count). The Morgan fingerprint density at radius 1 is 0.625 bits per heavy atom. The Hall–Kier alpha value is 3.78. The fourth-order valence-corrected chi connectivity index (χ4v) is 0. The van der Waals surface area contributed by atoms with E-state index >= 15 is 0 Å². The van der Waals surface area contributed by atoms with Gasteiger partial charge in [-0.2, -0.15) is 0 Å². The molecule has 0 saturated heterocycles. The van der Waals surface area contributed by atoms with E-state index in [9.17, 15) is 0 Å². The SMILES string of the molecule is [Ag+].[La+3].[Mn+2].[O-2].[O-2].[O-2].[O-2].[Sr+2]. The second-order valence-corrected chi connectivity index (χ2v) is 0. The second-order valence-electron chi connectivity index (χ2n) is 0. The van der Waals surface area contributed by atoms with E-state index in [2.05, 4.69) is 0 Å². The van der Waals surface area contributed by atoms with Crippen LogP contribution in [0, 0.1) is 35.6 Å². The Balaban J connectivity index is 0. The monoisotopic (exact) mass is 453 g/mol. The van der Waals surface area contributed by atoms with Crippen molar-refractivity contribution in [2.45, 2.75) is 0 Å². The first-order valence-corrected chi connectivity index (χ1v) is 0. The van der Waals surface area contributed by atoms with Crippen LogP contribution in [-0.2, 0) is 61.4 Å². The molecular formula is AgLaMnO4Sr. The number of rotatable bonds is 0. The molecule has 47 valence electrons. The molecule has 0 heterocycles. The largest absolute Gasteiger partial charge is 3.00 e. The van der Waals surface area contributed by atoms with Gasteiger partial charge in [-0.05, 0) is 0 Å². The van der Waals surface area contributed by atoms with Crippen LogP contribution >= 0.6 is 0 Å². The zero-order chi connectivity index (χ0) is 0. The minimum absolute atomic E-state index is 0. The molecule has 4 nitrogen and oxygen atoms in total. The van der Waals surface area contributed by atoms with Gasteiger partial charge in [-0.25, -0.2) is 0 Å². The third-order valence-electron chi connectivity index (χ3n) is 0. The molecule has 0 saturated carbocycles. The molecule has 0 atom stereocenters. The fraction of sp³-hybridized carbons (Fsp3) is 0. The van der Waals surface area contributed by atoms with Crippen molar-refractivity contribution >= 4 is 45.5 Å². The molecule has 0 aliphatic heterocycles. The Bertz CT molecular complexity index is 16.0. The van der Waals surface area contributed by atoms with Crippen molar-refractivity contribution in [1.29, 1.82) is 0 Å². The number of hydrogen-bond acceptors (Lipinski definition) is 0. The van der Waals surface area contributed by atoms with Gasteiger partial charge in [-0.1, -0.05) is 0 Å². The average molecular weight is 453 g/mol. The second kappa shape index (κ2) is 72.2. The van der Waals surface area contributed by atoms with Crippen LogP contribution in [0.1, 0.15) is 0 Å². The first kappa shape index (κ1) is 95.9. The molecule has 0 aliphatic rings. The van der Waals surface area contributed by atoms with E-state index in [0.29, 0.717) is 0 Å². The predicted octanol–water partition coefficient (Wildman–Crippen LogP) is -0.861. The van der Waals surface area contributed by atoms with Crippen molar-refractivity contribution in [3.05, 3.63) is 0 Å². The van der Waals surface area contributed by atoms with Crippen molar-refractivity contribution in [1.82, 2.24) is 0 Å². The van der Waals surface area contributed by atoms with E-state index in [0.717, 1.165) is 0 Å². The Morgan fingerprint density at radius 3 is 0.625 bits per heavy atom. The third kappa shape index (κ3) is 52.8. The Kier molecular flexibility index (Phi) is 866. The van der Waals surface area contributed by atoms with Crippen molar-refractivity contribution in [3.8, 4) is 0 Å². The van der Waals surface area contributed by atoms with Crippen LogP contribution in [0.15, 0.2) is 0 Å². The van der Waals surface area contributed by atoms with Crippen LogP contribution in [0.5, 0.6) is 0 Å². The summed E-state index contributed by atoms with van der Waals surface area (Å²) in [5, 5.41) is 0. The Morgan fingerprint density at radius 2 is 0.625 bits per heavy atom. The smallest absolute Gasteiger partial charge is 2.00 e. The van der Waals surface area contributed by atoms with Crippen LogP contribution in [-0.4, -0.2) is 45.5 Å². The molecule has 1 radical (unpaired) electrons. The minimum Gasteiger partial charge on any atom is -2.00 e. The molecule has 0 aromatic rings. The molecule has 0 aliphatic carbocycles. The molecular weight excluding hydrogens is 453 g/mol. The van der Waals surface area contributed by atoms with Gasteiger partial charge in [0.25, 0.3) is 0 Å². The van der Waals surface area contributed by atoms with Crippen molar-refractivity contribution in [3.63, 3.8) is 0 Å².